The molecule has 0 bridgehead atoms. The van der Waals surface area contributed by atoms with E-state index in [1.165, 1.54) is 0 Å². The zero-order valence-electron chi connectivity index (χ0n) is 10.4. The summed E-state index contributed by atoms with van der Waals surface area (Å²) in [5.74, 6) is 0.938. The van der Waals surface area contributed by atoms with Crippen LogP contribution in [0.4, 0.5) is 0 Å². The molecule has 0 aliphatic carbocycles. The van der Waals surface area contributed by atoms with Crippen molar-refractivity contribution in [2.24, 2.45) is 0 Å². The summed E-state index contributed by atoms with van der Waals surface area (Å²) in [7, 11) is 0. The zero-order valence-corrected chi connectivity index (χ0v) is 11.1. The minimum atomic E-state index is 0.694. The van der Waals surface area contributed by atoms with E-state index in [1.807, 2.05) is 48.5 Å². The number of nitrogens with one attached hydrogen (secondary N) is 2. The van der Waals surface area contributed by atoms with Crippen LogP contribution in [0.25, 0.3) is 11.0 Å². The first-order valence-electron chi connectivity index (χ1n) is 6.21. The molecule has 4 heteroatoms. The van der Waals surface area contributed by atoms with Crippen molar-refractivity contribution in [1.82, 2.24) is 15.3 Å². The maximum Gasteiger partial charge on any atom is 0.121 e. The van der Waals surface area contributed by atoms with Gasteiger partial charge in [0.25, 0.3) is 0 Å². The quantitative estimate of drug-likeness (QED) is 0.762. The molecule has 0 spiro atoms. The molecule has 96 valence electrons. The molecule has 2 aromatic carbocycles. The molecular weight excluding hydrogens is 258 g/mol. The second kappa shape index (κ2) is 5.43. The predicted molar refractivity (Wildman–Crippen MR) is 78.1 cm³/mol. The van der Waals surface area contributed by atoms with Gasteiger partial charge in [0, 0.05) is 11.6 Å². The van der Waals surface area contributed by atoms with Crippen molar-refractivity contribution in [2.75, 3.05) is 0 Å². The first-order valence-corrected chi connectivity index (χ1v) is 6.58. The summed E-state index contributed by atoms with van der Waals surface area (Å²) in [6.07, 6.45) is 0. The molecular formula is C15H14ClN3. The number of para-hydroxylation sites is 2. The van der Waals surface area contributed by atoms with Gasteiger partial charge in [0.05, 0.1) is 17.6 Å². The van der Waals surface area contributed by atoms with Gasteiger partial charge in [-0.05, 0) is 23.8 Å². The van der Waals surface area contributed by atoms with Crippen molar-refractivity contribution in [3.05, 3.63) is 64.9 Å². The first-order chi connectivity index (χ1) is 9.33. The van der Waals surface area contributed by atoms with Gasteiger partial charge in [-0.1, -0.05) is 41.9 Å². The summed E-state index contributed by atoms with van der Waals surface area (Å²) in [5.41, 5.74) is 3.16. The van der Waals surface area contributed by atoms with Gasteiger partial charge in [-0.2, -0.15) is 0 Å². The van der Waals surface area contributed by atoms with Crippen LogP contribution >= 0.6 is 11.6 Å². The number of benzene rings is 2. The third-order valence-electron chi connectivity index (χ3n) is 3.00. The summed E-state index contributed by atoms with van der Waals surface area (Å²) in [6, 6.07) is 15.9. The Morgan fingerprint density at radius 2 is 1.79 bits per heavy atom. The van der Waals surface area contributed by atoms with Crippen LogP contribution in [0.2, 0.25) is 5.02 Å². The average molecular weight is 272 g/mol. The number of aromatic nitrogens is 2. The highest BCUT2D eigenvalue weighted by Crippen LogP contribution is 2.15. The predicted octanol–water partition coefficient (Wildman–Crippen LogP) is 3.51. The molecule has 3 nitrogen and oxygen atoms in total. The number of H-pyrrole nitrogens is 1. The fourth-order valence-corrected chi connectivity index (χ4v) is 2.25. The lowest BCUT2D eigenvalue weighted by Gasteiger charge is -2.04. The Bertz CT molecular complexity index is 657. The van der Waals surface area contributed by atoms with Gasteiger partial charge in [-0.15, -0.1) is 0 Å². The van der Waals surface area contributed by atoms with E-state index < -0.39 is 0 Å². The highest BCUT2D eigenvalue weighted by atomic mass is 35.5. The Kier molecular flexibility index (Phi) is 3.49. The molecule has 0 saturated heterocycles. The summed E-state index contributed by atoms with van der Waals surface area (Å²) in [4.78, 5) is 7.81. The molecule has 3 rings (SSSR count). The van der Waals surface area contributed by atoms with Crippen LogP contribution in [0.1, 0.15) is 11.4 Å². The Labute approximate surface area is 116 Å². The lowest BCUT2D eigenvalue weighted by molar-refractivity contribution is 0.670. The van der Waals surface area contributed by atoms with Crippen LogP contribution < -0.4 is 5.32 Å². The Morgan fingerprint density at radius 3 is 2.63 bits per heavy atom. The van der Waals surface area contributed by atoms with Gasteiger partial charge in [0.15, 0.2) is 0 Å². The second-order valence-corrected chi connectivity index (χ2v) is 4.80. The van der Waals surface area contributed by atoms with Gasteiger partial charge >= 0.3 is 0 Å². The molecule has 0 atom stereocenters. The fourth-order valence-electron chi connectivity index (χ4n) is 2.05. The number of hydrogen-bond donors (Lipinski definition) is 2. The lowest BCUT2D eigenvalue weighted by atomic mass is 10.2. The number of rotatable bonds is 4. The minimum absolute atomic E-state index is 0.694. The van der Waals surface area contributed by atoms with Crippen molar-refractivity contribution < 1.29 is 0 Å². The number of fused-ring (bicyclic) bond motifs is 1. The molecule has 19 heavy (non-hydrogen) atoms. The Morgan fingerprint density at radius 1 is 1.00 bits per heavy atom. The van der Waals surface area contributed by atoms with Crippen molar-refractivity contribution in [3.8, 4) is 0 Å². The normalized spacial score (nSPS) is 11.0. The number of imidazole rings is 1. The Balaban J connectivity index is 1.65. The van der Waals surface area contributed by atoms with E-state index in [0.29, 0.717) is 6.54 Å². The van der Waals surface area contributed by atoms with E-state index in [2.05, 4.69) is 15.3 Å². The maximum atomic E-state index is 6.11. The Hall–Kier alpha value is -1.84. The van der Waals surface area contributed by atoms with Crippen LogP contribution in [0.5, 0.6) is 0 Å². The largest absolute Gasteiger partial charge is 0.341 e. The number of aromatic amines is 1. The molecule has 3 aromatic rings. The smallest absolute Gasteiger partial charge is 0.121 e. The minimum Gasteiger partial charge on any atom is -0.341 e. The highest BCUT2D eigenvalue weighted by Gasteiger charge is 2.02. The van der Waals surface area contributed by atoms with E-state index >= 15 is 0 Å². The summed E-state index contributed by atoms with van der Waals surface area (Å²) in [6.45, 7) is 1.43. The molecule has 0 saturated carbocycles. The molecule has 0 fully saturated rings. The van der Waals surface area contributed by atoms with Gasteiger partial charge in [-0.25, -0.2) is 4.98 Å². The third kappa shape index (κ3) is 2.78. The van der Waals surface area contributed by atoms with E-state index in [1.54, 1.807) is 0 Å². The van der Waals surface area contributed by atoms with Gasteiger partial charge < -0.3 is 10.3 Å². The maximum absolute atomic E-state index is 6.11. The van der Waals surface area contributed by atoms with Crippen molar-refractivity contribution >= 4 is 22.6 Å². The van der Waals surface area contributed by atoms with Gasteiger partial charge in [-0.3, -0.25) is 0 Å². The van der Waals surface area contributed by atoms with Crippen LogP contribution in [-0.4, -0.2) is 9.97 Å². The molecule has 1 aromatic heterocycles. The zero-order chi connectivity index (χ0) is 13.1. The fraction of sp³-hybridized carbons (Fsp3) is 0.133. The molecule has 0 aliphatic heterocycles. The molecule has 0 radical (unpaired) electrons. The van der Waals surface area contributed by atoms with Crippen LogP contribution in [-0.2, 0) is 13.1 Å². The van der Waals surface area contributed by atoms with Crippen LogP contribution in [0.15, 0.2) is 48.5 Å². The van der Waals surface area contributed by atoms with E-state index in [-0.39, 0.29) is 0 Å². The second-order valence-electron chi connectivity index (χ2n) is 4.40. The third-order valence-corrected chi connectivity index (χ3v) is 3.37. The highest BCUT2D eigenvalue weighted by molar-refractivity contribution is 6.31. The number of nitrogens with zero attached hydrogens (tertiary/aromatic N) is 1. The van der Waals surface area contributed by atoms with Crippen molar-refractivity contribution in [2.45, 2.75) is 13.1 Å². The summed E-state index contributed by atoms with van der Waals surface area (Å²) in [5, 5.41) is 4.13. The number of hydrogen-bond acceptors (Lipinski definition) is 2. The van der Waals surface area contributed by atoms with E-state index in [0.717, 1.165) is 34.0 Å². The molecule has 1 heterocycles. The molecule has 0 amide bonds. The lowest BCUT2D eigenvalue weighted by Crippen LogP contribution is -2.13. The van der Waals surface area contributed by atoms with Crippen LogP contribution in [0, 0.1) is 0 Å². The van der Waals surface area contributed by atoms with Gasteiger partial charge in [0.2, 0.25) is 0 Å². The molecule has 0 unspecified atom stereocenters. The first kappa shape index (κ1) is 12.2. The van der Waals surface area contributed by atoms with E-state index in [9.17, 15) is 0 Å². The molecule has 2 N–H and O–H groups in total. The summed E-state index contributed by atoms with van der Waals surface area (Å²) < 4.78 is 0. The van der Waals surface area contributed by atoms with Crippen LogP contribution in [0.3, 0.4) is 0 Å². The van der Waals surface area contributed by atoms with Crippen molar-refractivity contribution in [3.63, 3.8) is 0 Å². The standard InChI is InChI=1S/C15H14ClN3/c16-12-6-2-1-5-11(12)9-17-10-15-18-13-7-3-4-8-14(13)19-15/h1-8,17H,9-10H2,(H,18,19). The van der Waals surface area contributed by atoms with E-state index in [4.69, 9.17) is 11.6 Å². The molecule has 0 aliphatic rings. The average Bonchev–Trinajstić information content (AvgIpc) is 2.83. The SMILES string of the molecule is Clc1ccccc1CNCc1nc2ccccc2[nH]1. The topological polar surface area (TPSA) is 40.7 Å². The van der Waals surface area contributed by atoms with Crippen molar-refractivity contribution in [1.29, 1.82) is 0 Å². The monoisotopic (exact) mass is 271 g/mol. The number of halogens is 1. The summed E-state index contributed by atoms with van der Waals surface area (Å²) >= 11 is 6.11. The van der Waals surface area contributed by atoms with Gasteiger partial charge in [0.1, 0.15) is 5.82 Å².